The van der Waals surface area contributed by atoms with Gasteiger partial charge in [0.2, 0.25) is 0 Å². The number of aromatic amines is 1. The van der Waals surface area contributed by atoms with Crippen LogP contribution >= 0.6 is 0 Å². The van der Waals surface area contributed by atoms with E-state index in [4.69, 9.17) is 0 Å². The lowest BCUT2D eigenvalue weighted by Crippen LogP contribution is -2.46. The second-order valence-corrected chi connectivity index (χ2v) is 6.95. The number of aryl methyl sites for hydroxylation is 2. The number of piperazine rings is 1. The minimum Gasteiger partial charge on any atom is -0.301 e. The molecule has 1 N–H and O–H groups in total. The second kappa shape index (κ2) is 8.91. The number of nitrogens with zero attached hydrogens (tertiary/aromatic N) is 4. The molecule has 140 valence electrons. The van der Waals surface area contributed by atoms with Crippen molar-refractivity contribution in [2.24, 2.45) is 0 Å². The Balaban J connectivity index is 1.36. The van der Waals surface area contributed by atoms with E-state index in [1.54, 1.807) is 17.7 Å². The molecule has 26 heavy (non-hydrogen) atoms. The number of unbranched alkanes of at least 4 members (excludes halogenated alkanes) is 1. The van der Waals surface area contributed by atoms with E-state index >= 15 is 0 Å². The Morgan fingerprint density at radius 3 is 2.38 bits per heavy atom. The average Bonchev–Trinajstić information content (AvgIpc) is 2.65. The number of pyridine rings is 1. The molecule has 3 rings (SSSR count). The van der Waals surface area contributed by atoms with Gasteiger partial charge in [-0.2, -0.15) is 0 Å². The highest BCUT2D eigenvalue weighted by Gasteiger charge is 2.16. The van der Waals surface area contributed by atoms with Crippen LogP contribution in [-0.2, 0) is 13.1 Å². The molecule has 0 atom stereocenters. The van der Waals surface area contributed by atoms with Crippen LogP contribution in [0, 0.1) is 6.92 Å². The summed E-state index contributed by atoms with van der Waals surface area (Å²) in [7, 11) is 0. The summed E-state index contributed by atoms with van der Waals surface area (Å²) in [6.07, 6.45) is 7.33. The fourth-order valence-corrected chi connectivity index (χ4v) is 3.32. The van der Waals surface area contributed by atoms with E-state index in [1.807, 2.05) is 12.4 Å². The van der Waals surface area contributed by atoms with Crippen molar-refractivity contribution in [3.8, 4) is 0 Å². The van der Waals surface area contributed by atoms with Gasteiger partial charge in [-0.1, -0.05) is 0 Å². The van der Waals surface area contributed by atoms with Crippen LogP contribution in [0.1, 0.15) is 24.0 Å². The summed E-state index contributed by atoms with van der Waals surface area (Å²) in [5, 5.41) is 0. The van der Waals surface area contributed by atoms with Crippen molar-refractivity contribution < 1.29 is 0 Å². The van der Waals surface area contributed by atoms with Gasteiger partial charge in [0.15, 0.2) is 0 Å². The van der Waals surface area contributed by atoms with Crippen molar-refractivity contribution in [2.75, 3.05) is 32.7 Å². The molecule has 7 nitrogen and oxygen atoms in total. The van der Waals surface area contributed by atoms with Gasteiger partial charge < -0.3 is 9.47 Å². The zero-order valence-corrected chi connectivity index (χ0v) is 15.4. The van der Waals surface area contributed by atoms with Crippen molar-refractivity contribution in [1.82, 2.24) is 24.3 Å². The molecule has 0 unspecified atom stereocenters. The molecule has 2 aromatic rings. The van der Waals surface area contributed by atoms with E-state index in [0.29, 0.717) is 12.1 Å². The van der Waals surface area contributed by atoms with Crippen molar-refractivity contribution in [3.05, 3.63) is 62.7 Å². The first-order chi connectivity index (χ1) is 12.6. The summed E-state index contributed by atoms with van der Waals surface area (Å²) in [4.78, 5) is 34.5. The summed E-state index contributed by atoms with van der Waals surface area (Å²) in [5.74, 6) is 0. The highest BCUT2D eigenvalue weighted by molar-refractivity contribution is 5.09. The molecular formula is C19H27N5O2. The van der Waals surface area contributed by atoms with Gasteiger partial charge in [0, 0.05) is 63.4 Å². The van der Waals surface area contributed by atoms with E-state index in [9.17, 15) is 9.59 Å². The maximum absolute atomic E-state index is 11.8. The van der Waals surface area contributed by atoms with Crippen LogP contribution in [0.15, 0.2) is 40.3 Å². The number of H-pyrrole nitrogens is 1. The van der Waals surface area contributed by atoms with Crippen molar-refractivity contribution in [2.45, 2.75) is 32.9 Å². The lowest BCUT2D eigenvalue weighted by atomic mass is 10.2. The van der Waals surface area contributed by atoms with Gasteiger partial charge >= 0.3 is 5.69 Å². The van der Waals surface area contributed by atoms with Gasteiger partial charge in [-0.25, -0.2) is 4.79 Å². The quantitative estimate of drug-likeness (QED) is 0.743. The highest BCUT2D eigenvalue weighted by Crippen LogP contribution is 2.08. The third-order valence-corrected chi connectivity index (χ3v) is 4.93. The third-order valence-electron chi connectivity index (χ3n) is 4.93. The molecule has 1 saturated heterocycles. The Bertz CT molecular complexity index is 807. The minimum absolute atomic E-state index is 0.295. The SMILES string of the molecule is Cc1cn(CCCCN2CCN(Cc3ccncc3)CC2)c(=O)[nH]c1=O. The first-order valence-corrected chi connectivity index (χ1v) is 9.26. The largest absolute Gasteiger partial charge is 0.328 e. The van der Waals surface area contributed by atoms with Crippen LogP contribution in [-0.4, -0.2) is 57.1 Å². The van der Waals surface area contributed by atoms with Gasteiger partial charge in [0.05, 0.1) is 0 Å². The molecule has 2 aromatic heterocycles. The maximum Gasteiger partial charge on any atom is 0.328 e. The molecular weight excluding hydrogens is 330 g/mol. The molecule has 0 bridgehead atoms. The standard InChI is InChI=1S/C19H27N5O2/c1-16-14-24(19(26)21-18(16)25)9-3-2-8-22-10-12-23(13-11-22)15-17-4-6-20-7-5-17/h4-7,14H,2-3,8-13,15H2,1H3,(H,21,25,26). The van der Waals surface area contributed by atoms with Crippen molar-refractivity contribution in [1.29, 1.82) is 0 Å². The zero-order valence-electron chi connectivity index (χ0n) is 15.4. The van der Waals surface area contributed by atoms with E-state index in [-0.39, 0.29) is 11.2 Å². The predicted molar refractivity (Wildman–Crippen MR) is 101 cm³/mol. The maximum atomic E-state index is 11.8. The van der Waals surface area contributed by atoms with Gasteiger partial charge in [-0.15, -0.1) is 0 Å². The monoisotopic (exact) mass is 357 g/mol. The summed E-state index contributed by atoms with van der Waals surface area (Å²) < 4.78 is 1.60. The van der Waals surface area contributed by atoms with Crippen LogP contribution in [0.3, 0.4) is 0 Å². The summed E-state index contributed by atoms with van der Waals surface area (Å²) in [6, 6.07) is 4.15. The molecule has 0 amide bonds. The van der Waals surface area contributed by atoms with Crippen molar-refractivity contribution in [3.63, 3.8) is 0 Å². The normalized spacial score (nSPS) is 16.0. The van der Waals surface area contributed by atoms with Crippen LogP contribution in [0.4, 0.5) is 0 Å². The topological polar surface area (TPSA) is 74.2 Å². The van der Waals surface area contributed by atoms with Crippen LogP contribution in [0.2, 0.25) is 0 Å². The molecule has 3 heterocycles. The molecule has 0 spiro atoms. The molecule has 1 fully saturated rings. The van der Waals surface area contributed by atoms with Gasteiger partial charge in [-0.05, 0) is 44.0 Å². The predicted octanol–water partition coefficient (Wildman–Crippen LogP) is 0.838. The number of aromatic nitrogens is 3. The summed E-state index contributed by atoms with van der Waals surface area (Å²) in [6.45, 7) is 8.76. The molecule has 7 heteroatoms. The Labute approximate surface area is 153 Å². The number of nitrogens with one attached hydrogen (secondary N) is 1. The van der Waals surface area contributed by atoms with Crippen LogP contribution in [0.25, 0.3) is 0 Å². The van der Waals surface area contributed by atoms with Crippen LogP contribution < -0.4 is 11.2 Å². The minimum atomic E-state index is -0.315. The molecule has 0 aliphatic carbocycles. The third kappa shape index (κ3) is 5.12. The van der Waals surface area contributed by atoms with Crippen LogP contribution in [0.5, 0.6) is 0 Å². The lowest BCUT2D eigenvalue weighted by molar-refractivity contribution is 0.125. The first-order valence-electron chi connectivity index (χ1n) is 9.26. The zero-order chi connectivity index (χ0) is 18.4. The molecule has 0 aromatic carbocycles. The number of hydrogen-bond acceptors (Lipinski definition) is 5. The number of rotatable bonds is 7. The summed E-state index contributed by atoms with van der Waals surface area (Å²) >= 11 is 0. The Kier molecular flexibility index (Phi) is 6.35. The number of hydrogen-bond donors (Lipinski definition) is 1. The smallest absolute Gasteiger partial charge is 0.301 e. The summed E-state index contributed by atoms with van der Waals surface area (Å²) in [5.41, 5.74) is 1.28. The fraction of sp³-hybridized carbons (Fsp3) is 0.526. The Hall–Kier alpha value is -2.25. The molecule has 1 aliphatic rings. The Morgan fingerprint density at radius 1 is 1.00 bits per heavy atom. The lowest BCUT2D eigenvalue weighted by Gasteiger charge is -2.34. The highest BCUT2D eigenvalue weighted by atomic mass is 16.2. The van der Waals surface area contributed by atoms with Gasteiger partial charge in [0.1, 0.15) is 0 Å². The second-order valence-electron chi connectivity index (χ2n) is 6.95. The molecule has 1 aliphatic heterocycles. The van der Waals surface area contributed by atoms with Gasteiger partial charge in [-0.3, -0.25) is 19.7 Å². The molecule has 0 radical (unpaired) electrons. The fourth-order valence-electron chi connectivity index (χ4n) is 3.32. The van der Waals surface area contributed by atoms with E-state index in [2.05, 4.69) is 31.9 Å². The Morgan fingerprint density at radius 2 is 1.65 bits per heavy atom. The first kappa shape index (κ1) is 18.5. The van der Waals surface area contributed by atoms with Crippen molar-refractivity contribution >= 4 is 0 Å². The molecule has 0 saturated carbocycles. The van der Waals surface area contributed by atoms with E-state index in [1.165, 1.54) is 5.56 Å². The van der Waals surface area contributed by atoms with Gasteiger partial charge in [0.25, 0.3) is 5.56 Å². The van der Waals surface area contributed by atoms with E-state index < -0.39 is 0 Å². The van der Waals surface area contributed by atoms with E-state index in [0.717, 1.165) is 52.1 Å². The average molecular weight is 357 g/mol.